The van der Waals surface area contributed by atoms with E-state index in [0.29, 0.717) is 22.6 Å². The van der Waals surface area contributed by atoms with E-state index in [1.54, 1.807) is 42.5 Å². The molecule has 0 bridgehead atoms. The molecule has 0 aliphatic heterocycles. The number of primary amides is 1. The molecule has 0 fully saturated rings. The zero-order valence-electron chi connectivity index (χ0n) is 12.0. The van der Waals surface area contributed by atoms with Crippen LogP contribution in [-0.2, 0) is 6.61 Å². The van der Waals surface area contributed by atoms with Gasteiger partial charge in [-0.1, -0.05) is 18.2 Å². The first kappa shape index (κ1) is 14.7. The van der Waals surface area contributed by atoms with Gasteiger partial charge in [-0.25, -0.2) is 4.39 Å². The fourth-order valence-corrected chi connectivity index (χ4v) is 2.09. The third-order valence-corrected chi connectivity index (χ3v) is 3.26. The number of halogens is 1. The van der Waals surface area contributed by atoms with Crippen LogP contribution >= 0.6 is 0 Å². The number of H-pyrrole nitrogens is 1. The predicted molar refractivity (Wildman–Crippen MR) is 81.1 cm³/mol. The van der Waals surface area contributed by atoms with Crippen LogP contribution in [0.5, 0.6) is 5.75 Å². The average Bonchev–Trinajstić information content (AvgIpc) is 3.04. The number of nitrogens with one attached hydrogen (secondary N) is 1. The number of nitrogens with two attached hydrogens (primary N) is 1. The second-order valence-electron chi connectivity index (χ2n) is 4.79. The Labute approximate surface area is 131 Å². The van der Waals surface area contributed by atoms with E-state index in [9.17, 15) is 9.18 Å². The summed E-state index contributed by atoms with van der Waals surface area (Å²) in [6, 6.07) is 13.3. The molecule has 6 nitrogen and oxygen atoms in total. The number of amides is 1. The van der Waals surface area contributed by atoms with Gasteiger partial charge in [-0.3, -0.25) is 4.79 Å². The van der Waals surface area contributed by atoms with Crippen molar-refractivity contribution in [2.75, 3.05) is 0 Å². The van der Waals surface area contributed by atoms with Crippen molar-refractivity contribution in [1.29, 1.82) is 0 Å². The fourth-order valence-electron chi connectivity index (χ4n) is 2.09. The first-order chi connectivity index (χ1) is 11.1. The average molecular weight is 312 g/mol. The minimum Gasteiger partial charge on any atom is -0.489 e. The molecule has 0 saturated carbocycles. The van der Waals surface area contributed by atoms with Crippen molar-refractivity contribution in [1.82, 2.24) is 15.4 Å². The van der Waals surface area contributed by atoms with Gasteiger partial charge >= 0.3 is 0 Å². The van der Waals surface area contributed by atoms with Crippen molar-refractivity contribution < 1.29 is 13.9 Å². The van der Waals surface area contributed by atoms with Gasteiger partial charge in [0.2, 0.25) is 0 Å². The highest BCUT2D eigenvalue weighted by Crippen LogP contribution is 2.23. The molecule has 116 valence electrons. The van der Waals surface area contributed by atoms with Crippen LogP contribution in [0.25, 0.3) is 11.3 Å². The molecule has 3 aromatic rings. The largest absolute Gasteiger partial charge is 0.489 e. The van der Waals surface area contributed by atoms with Gasteiger partial charge in [-0.05, 0) is 30.3 Å². The maximum Gasteiger partial charge on any atom is 0.271 e. The van der Waals surface area contributed by atoms with Crippen LogP contribution in [-0.4, -0.2) is 21.3 Å². The van der Waals surface area contributed by atoms with Crippen LogP contribution in [0, 0.1) is 5.82 Å². The lowest BCUT2D eigenvalue weighted by Crippen LogP contribution is -2.12. The van der Waals surface area contributed by atoms with Crippen LogP contribution in [0.15, 0.2) is 48.5 Å². The maximum atomic E-state index is 13.5. The summed E-state index contributed by atoms with van der Waals surface area (Å²) in [6.07, 6.45) is 0. The predicted octanol–water partition coefficient (Wildman–Crippen LogP) is 2.29. The molecule has 0 aliphatic carbocycles. The molecule has 1 amide bonds. The van der Waals surface area contributed by atoms with E-state index in [1.807, 2.05) is 0 Å². The first-order valence-corrected chi connectivity index (χ1v) is 6.82. The molecule has 0 saturated heterocycles. The van der Waals surface area contributed by atoms with Gasteiger partial charge in [0.25, 0.3) is 5.91 Å². The molecule has 0 aliphatic rings. The van der Waals surface area contributed by atoms with Crippen molar-refractivity contribution in [2.24, 2.45) is 5.73 Å². The maximum absolute atomic E-state index is 13.5. The monoisotopic (exact) mass is 312 g/mol. The summed E-state index contributed by atoms with van der Waals surface area (Å²) in [5, 5.41) is 10.0. The quantitative estimate of drug-likeness (QED) is 0.756. The zero-order valence-corrected chi connectivity index (χ0v) is 12.0. The van der Waals surface area contributed by atoms with E-state index in [4.69, 9.17) is 10.5 Å². The van der Waals surface area contributed by atoms with E-state index in [-0.39, 0.29) is 18.1 Å². The number of nitrogens with zero attached hydrogens (tertiary/aromatic N) is 2. The van der Waals surface area contributed by atoms with Crippen LogP contribution in [0.2, 0.25) is 0 Å². The number of carbonyl (C=O) groups excluding carboxylic acids is 1. The molecule has 2 aromatic carbocycles. The summed E-state index contributed by atoms with van der Waals surface area (Å²) in [5.41, 5.74) is 6.83. The minimum atomic E-state index is -0.659. The van der Waals surface area contributed by atoms with Crippen molar-refractivity contribution >= 4 is 5.91 Å². The number of benzene rings is 2. The molecule has 0 spiro atoms. The molecule has 0 atom stereocenters. The lowest BCUT2D eigenvalue weighted by Gasteiger charge is -2.07. The number of ether oxygens (including phenoxy) is 1. The Morgan fingerprint density at radius 1 is 1.13 bits per heavy atom. The molecule has 7 heteroatoms. The molecule has 1 aromatic heterocycles. The van der Waals surface area contributed by atoms with Gasteiger partial charge in [-0.2, -0.15) is 15.4 Å². The Morgan fingerprint density at radius 3 is 2.57 bits per heavy atom. The standard InChI is InChI=1S/C16H13FN4O2/c17-13-4-2-1-3-11(13)9-23-12-7-5-10(6-8-12)14-15(16(18)22)20-21-19-14/h1-8H,9H2,(H2,18,22)(H,19,20,21). The summed E-state index contributed by atoms with van der Waals surface area (Å²) in [5.74, 6) is -0.396. The molecule has 23 heavy (non-hydrogen) atoms. The Balaban J connectivity index is 1.74. The van der Waals surface area contributed by atoms with Crippen molar-refractivity contribution in [3.63, 3.8) is 0 Å². The normalized spacial score (nSPS) is 10.5. The Kier molecular flexibility index (Phi) is 4.01. The second-order valence-corrected chi connectivity index (χ2v) is 4.79. The van der Waals surface area contributed by atoms with Gasteiger partial charge < -0.3 is 10.5 Å². The van der Waals surface area contributed by atoms with Crippen molar-refractivity contribution in [3.05, 3.63) is 65.6 Å². The number of aromatic nitrogens is 3. The van der Waals surface area contributed by atoms with E-state index in [2.05, 4.69) is 15.4 Å². The Hall–Kier alpha value is -3.22. The van der Waals surface area contributed by atoms with Crippen molar-refractivity contribution in [3.8, 4) is 17.0 Å². The minimum absolute atomic E-state index is 0.0741. The highest BCUT2D eigenvalue weighted by atomic mass is 19.1. The summed E-state index contributed by atoms with van der Waals surface area (Å²) >= 11 is 0. The van der Waals surface area contributed by atoms with Gasteiger partial charge in [0, 0.05) is 11.1 Å². The number of hydrogen-bond acceptors (Lipinski definition) is 4. The third-order valence-electron chi connectivity index (χ3n) is 3.26. The van der Waals surface area contributed by atoms with E-state index in [0.717, 1.165) is 0 Å². The molecular formula is C16H13FN4O2. The molecule has 1 heterocycles. The molecule has 0 unspecified atom stereocenters. The van der Waals surface area contributed by atoms with Crippen LogP contribution < -0.4 is 10.5 Å². The van der Waals surface area contributed by atoms with Gasteiger partial charge in [0.15, 0.2) is 5.69 Å². The summed E-state index contributed by atoms with van der Waals surface area (Å²) in [6.45, 7) is 0.127. The lowest BCUT2D eigenvalue weighted by atomic mass is 10.1. The van der Waals surface area contributed by atoms with Gasteiger partial charge in [0.05, 0.1) is 0 Å². The van der Waals surface area contributed by atoms with Crippen LogP contribution in [0.4, 0.5) is 4.39 Å². The van der Waals surface area contributed by atoms with Crippen molar-refractivity contribution in [2.45, 2.75) is 6.61 Å². The Bertz CT molecular complexity index is 830. The third kappa shape index (κ3) is 3.18. The SMILES string of the molecule is NC(=O)c1n[nH]nc1-c1ccc(OCc2ccccc2F)cc1. The van der Waals surface area contributed by atoms with Crippen LogP contribution in [0.1, 0.15) is 16.1 Å². The summed E-state index contributed by atoms with van der Waals surface area (Å²) in [7, 11) is 0. The molecule has 3 N–H and O–H groups in total. The highest BCUT2D eigenvalue weighted by molar-refractivity contribution is 5.96. The topological polar surface area (TPSA) is 93.9 Å². The van der Waals surface area contributed by atoms with E-state index < -0.39 is 5.91 Å². The molecular weight excluding hydrogens is 299 g/mol. The smallest absolute Gasteiger partial charge is 0.271 e. The van der Waals surface area contributed by atoms with E-state index >= 15 is 0 Å². The lowest BCUT2D eigenvalue weighted by molar-refractivity contribution is 0.0996. The summed E-state index contributed by atoms with van der Waals surface area (Å²) in [4.78, 5) is 11.3. The zero-order chi connectivity index (χ0) is 16.2. The van der Waals surface area contributed by atoms with Gasteiger partial charge in [0.1, 0.15) is 23.9 Å². The highest BCUT2D eigenvalue weighted by Gasteiger charge is 2.15. The summed E-state index contributed by atoms with van der Waals surface area (Å²) < 4.78 is 19.1. The Morgan fingerprint density at radius 2 is 1.87 bits per heavy atom. The number of hydrogen-bond donors (Lipinski definition) is 2. The number of aromatic amines is 1. The first-order valence-electron chi connectivity index (χ1n) is 6.82. The second kappa shape index (κ2) is 6.27. The number of rotatable bonds is 5. The molecule has 3 rings (SSSR count). The molecule has 0 radical (unpaired) electrons. The number of carbonyl (C=O) groups is 1. The van der Waals surface area contributed by atoms with Gasteiger partial charge in [-0.15, -0.1) is 0 Å². The van der Waals surface area contributed by atoms with E-state index in [1.165, 1.54) is 6.07 Å². The fraction of sp³-hybridized carbons (Fsp3) is 0.0625. The van der Waals surface area contributed by atoms with Crippen LogP contribution in [0.3, 0.4) is 0 Å².